The second-order valence-corrected chi connectivity index (χ2v) is 7.83. The third-order valence-electron chi connectivity index (χ3n) is 4.65. The van der Waals surface area contributed by atoms with Crippen molar-refractivity contribution in [2.24, 2.45) is 0 Å². The molecule has 0 spiro atoms. The molecule has 7 heteroatoms. The SMILES string of the molecule is Cc1cc(NC(=O)CN(C(=O)CSc2ccccc2)C2CCCCC2)no1. The van der Waals surface area contributed by atoms with Crippen LogP contribution in [0, 0.1) is 6.92 Å². The molecule has 0 bridgehead atoms. The highest BCUT2D eigenvalue weighted by atomic mass is 32.2. The fourth-order valence-electron chi connectivity index (χ4n) is 3.32. The molecule has 1 saturated carbocycles. The van der Waals surface area contributed by atoms with Gasteiger partial charge in [-0.25, -0.2) is 0 Å². The fourth-order valence-corrected chi connectivity index (χ4v) is 4.13. The van der Waals surface area contributed by atoms with E-state index in [1.54, 1.807) is 17.9 Å². The third kappa shape index (κ3) is 5.85. The van der Waals surface area contributed by atoms with E-state index in [4.69, 9.17) is 4.52 Å². The van der Waals surface area contributed by atoms with E-state index < -0.39 is 0 Å². The molecule has 27 heavy (non-hydrogen) atoms. The van der Waals surface area contributed by atoms with E-state index in [-0.39, 0.29) is 24.4 Å². The molecular formula is C20H25N3O3S. The molecule has 2 aromatic rings. The van der Waals surface area contributed by atoms with Crippen LogP contribution in [0.3, 0.4) is 0 Å². The van der Waals surface area contributed by atoms with Gasteiger partial charge in [-0.2, -0.15) is 0 Å². The van der Waals surface area contributed by atoms with Gasteiger partial charge in [-0.1, -0.05) is 42.6 Å². The molecule has 0 atom stereocenters. The first-order valence-corrected chi connectivity index (χ1v) is 10.3. The Kier molecular flexibility index (Phi) is 6.92. The molecule has 144 valence electrons. The van der Waals surface area contributed by atoms with E-state index in [0.29, 0.717) is 17.3 Å². The molecule has 1 heterocycles. The number of carbonyl (C=O) groups excluding carboxylic acids is 2. The zero-order valence-electron chi connectivity index (χ0n) is 15.5. The summed E-state index contributed by atoms with van der Waals surface area (Å²) in [6.45, 7) is 1.81. The topological polar surface area (TPSA) is 75.4 Å². The van der Waals surface area contributed by atoms with Crippen LogP contribution < -0.4 is 5.32 Å². The van der Waals surface area contributed by atoms with Gasteiger partial charge in [-0.15, -0.1) is 11.8 Å². The van der Waals surface area contributed by atoms with Gasteiger partial charge in [0.1, 0.15) is 12.3 Å². The van der Waals surface area contributed by atoms with E-state index in [1.165, 1.54) is 18.2 Å². The van der Waals surface area contributed by atoms with Crippen molar-refractivity contribution in [1.82, 2.24) is 10.1 Å². The predicted octanol–water partition coefficient (Wildman–Crippen LogP) is 3.88. The minimum Gasteiger partial charge on any atom is -0.360 e. The molecule has 1 fully saturated rings. The van der Waals surface area contributed by atoms with Crippen LogP contribution in [-0.2, 0) is 9.59 Å². The van der Waals surface area contributed by atoms with Crippen molar-refractivity contribution in [2.75, 3.05) is 17.6 Å². The smallest absolute Gasteiger partial charge is 0.245 e. The number of aryl methyl sites for hydroxylation is 1. The van der Waals surface area contributed by atoms with Gasteiger partial charge >= 0.3 is 0 Å². The molecule has 3 rings (SSSR count). The largest absolute Gasteiger partial charge is 0.360 e. The molecule has 2 amide bonds. The monoisotopic (exact) mass is 387 g/mol. The van der Waals surface area contributed by atoms with Gasteiger partial charge in [0.15, 0.2) is 5.82 Å². The predicted molar refractivity (Wildman–Crippen MR) is 106 cm³/mol. The van der Waals surface area contributed by atoms with E-state index in [0.717, 1.165) is 30.6 Å². The summed E-state index contributed by atoms with van der Waals surface area (Å²) in [6, 6.07) is 11.6. The summed E-state index contributed by atoms with van der Waals surface area (Å²) in [6.07, 6.45) is 5.31. The Morgan fingerprint density at radius 2 is 1.96 bits per heavy atom. The number of thioether (sulfide) groups is 1. The lowest BCUT2D eigenvalue weighted by molar-refractivity contribution is -0.135. The standard InChI is InChI=1S/C20H25N3O3S/c1-15-12-18(22-26-15)21-19(24)13-23(16-8-4-2-5-9-16)20(25)14-27-17-10-6-3-7-11-17/h3,6-7,10-12,16H,2,4-5,8-9,13-14H2,1H3,(H,21,22,24). The second-order valence-electron chi connectivity index (χ2n) is 6.79. The summed E-state index contributed by atoms with van der Waals surface area (Å²) < 4.78 is 4.97. The first kappa shape index (κ1) is 19.5. The number of hydrogen-bond donors (Lipinski definition) is 1. The lowest BCUT2D eigenvalue weighted by atomic mass is 9.94. The van der Waals surface area contributed by atoms with Crippen LogP contribution in [-0.4, -0.2) is 40.2 Å². The van der Waals surface area contributed by atoms with E-state index in [2.05, 4.69) is 10.5 Å². The highest BCUT2D eigenvalue weighted by Crippen LogP contribution is 2.25. The Balaban J connectivity index is 1.62. The van der Waals surface area contributed by atoms with Crippen molar-refractivity contribution < 1.29 is 14.1 Å². The second kappa shape index (κ2) is 9.60. The van der Waals surface area contributed by atoms with Gasteiger partial charge < -0.3 is 14.7 Å². The van der Waals surface area contributed by atoms with Crippen LogP contribution in [0.1, 0.15) is 37.9 Å². The van der Waals surface area contributed by atoms with Crippen molar-refractivity contribution >= 4 is 29.4 Å². The lowest BCUT2D eigenvalue weighted by Crippen LogP contribution is -2.46. The molecular weight excluding hydrogens is 362 g/mol. The summed E-state index contributed by atoms with van der Waals surface area (Å²) in [5, 5.41) is 6.50. The Bertz CT molecular complexity index is 757. The van der Waals surface area contributed by atoms with E-state index in [9.17, 15) is 9.59 Å². The molecule has 1 aromatic carbocycles. The molecule has 0 saturated heterocycles. The van der Waals surface area contributed by atoms with Crippen LogP contribution in [0.4, 0.5) is 5.82 Å². The Labute approximate surface area is 163 Å². The van der Waals surface area contributed by atoms with Gasteiger partial charge in [-0.3, -0.25) is 9.59 Å². The van der Waals surface area contributed by atoms with Crippen molar-refractivity contribution in [2.45, 2.75) is 50.0 Å². The number of anilines is 1. The number of aromatic nitrogens is 1. The van der Waals surface area contributed by atoms with Crippen molar-refractivity contribution in [3.63, 3.8) is 0 Å². The van der Waals surface area contributed by atoms with Gasteiger partial charge in [0.05, 0.1) is 5.75 Å². The quantitative estimate of drug-likeness (QED) is 0.730. The Morgan fingerprint density at radius 3 is 2.63 bits per heavy atom. The number of hydrogen-bond acceptors (Lipinski definition) is 5. The third-order valence-corrected chi connectivity index (χ3v) is 5.65. The first-order valence-electron chi connectivity index (χ1n) is 9.32. The van der Waals surface area contributed by atoms with Crippen molar-refractivity contribution in [1.29, 1.82) is 0 Å². The number of nitrogens with one attached hydrogen (secondary N) is 1. The number of nitrogens with zero attached hydrogens (tertiary/aromatic N) is 2. The van der Waals surface area contributed by atoms with Gasteiger partial charge in [0.2, 0.25) is 11.8 Å². The minimum atomic E-state index is -0.244. The van der Waals surface area contributed by atoms with Crippen LogP contribution >= 0.6 is 11.8 Å². The molecule has 1 aliphatic rings. The average Bonchev–Trinajstić information content (AvgIpc) is 3.10. The van der Waals surface area contributed by atoms with E-state index >= 15 is 0 Å². The summed E-state index contributed by atoms with van der Waals surface area (Å²) in [4.78, 5) is 28.2. The molecule has 6 nitrogen and oxygen atoms in total. The molecule has 0 radical (unpaired) electrons. The maximum absolute atomic E-state index is 12.9. The summed E-state index contributed by atoms with van der Waals surface area (Å²) in [7, 11) is 0. The first-order chi connectivity index (χ1) is 13.1. The highest BCUT2D eigenvalue weighted by Gasteiger charge is 2.27. The summed E-state index contributed by atoms with van der Waals surface area (Å²) in [5.41, 5.74) is 0. The van der Waals surface area contributed by atoms with Crippen LogP contribution in [0.25, 0.3) is 0 Å². The number of benzene rings is 1. The van der Waals surface area contributed by atoms with Crippen molar-refractivity contribution in [3.05, 3.63) is 42.2 Å². The summed E-state index contributed by atoms with van der Waals surface area (Å²) in [5.74, 6) is 1.10. The number of amides is 2. The van der Waals surface area contributed by atoms with Crippen LogP contribution in [0.2, 0.25) is 0 Å². The number of rotatable bonds is 7. The summed E-state index contributed by atoms with van der Waals surface area (Å²) >= 11 is 1.50. The van der Waals surface area contributed by atoms with E-state index in [1.807, 2.05) is 30.3 Å². The minimum absolute atomic E-state index is 0.00207. The lowest BCUT2D eigenvalue weighted by Gasteiger charge is -2.34. The van der Waals surface area contributed by atoms with Crippen LogP contribution in [0.15, 0.2) is 45.8 Å². The maximum atomic E-state index is 12.9. The Morgan fingerprint density at radius 1 is 1.22 bits per heavy atom. The molecule has 1 N–H and O–H groups in total. The van der Waals surface area contributed by atoms with Gasteiger partial charge in [-0.05, 0) is 31.9 Å². The van der Waals surface area contributed by atoms with Crippen LogP contribution in [0.5, 0.6) is 0 Å². The molecule has 1 aliphatic carbocycles. The zero-order chi connectivity index (χ0) is 19.1. The molecule has 1 aromatic heterocycles. The van der Waals surface area contributed by atoms with Crippen molar-refractivity contribution in [3.8, 4) is 0 Å². The highest BCUT2D eigenvalue weighted by molar-refractivity contribution is 8.00. The normalized spacial score (nSPS) is 14.7. The molecule has 0 unspecified atom stereocenters. The Hall–Kier alpha value is -2.28. The van der Waals surface area contributed by atoms with Gasteiger partial charge in [0.25, 0.3) is 0 Å². The number of carbonyl (C=O) groups is 2. The average molecular weight is 388 g/mol. The molecule has 0 aliphatic heterocycles. The zero-order valence-corrected chi connectivity index (χ0v) is 16.3. The van der Waals surface area contributed by atoms with Gasteiger partial charge in [0, 0.05) is 17.0 Å². The fraction of sp³-hybridized carbons (Fsp3) is 0.450. The maximum Gasteiger partial charge on any atom is 0.245 e.